The lowest BCUT2D eigenvalue weighted by Gasteiger charge is -2.29. The summed E-state index contributed by atoms with van der Waals surface area (Å²) in [5.41, 5.74) is 8.97. The monoisotopic (exact) mass is 275 g/mol. The number of hydrogen-bond acceptors (Lipinski definition) is 4. The highest BCUT2D eigenvalue weighted by atomic mass is 32.2. The second-order valence-corrected chi connectivity index (χ2v) is 5.61. The lowest BCUT2D eigenvalue weighted by Crippen LogP contribution is -2.33. The minimum absolute atomic E-state index is 0.517. The van der Waals surface area contributed by atoms with Crippen LogP contribution >= 0.6 is 11.8 Å². The maximum Gasteiger partial charge on any atom is 0.0955 e. The van der Waals surface area contributed by atoms with Crippen LogP contribution in [0.3, 0.4) is 0 Å². The van der Waals surface area contributed by atoms with Gasteiger partial charge in [0, 0.05) is 36.1 Å². The number of hydrogen-bond donors (Lipinski definition) is 1. The number of aromatic nitrogens is 1. The van der Waals surface area contributed by atoms with Crippen molar-refractivity contribution in [2.45, 2.75) is 19.4 Å². The topological polar surface area (TPSA) is 42.1 Å². The van der Waals surface area contributed by atoms with E-state index in [-0.39, 0.29) is 0 Å². The van der Waals surface area contributed by atoms with E-state index in [2.05, 4.69) is 36.2 Å². The summed E-state index contributed by atoms with van der Waals surface area (Å²) in [5, 5.41) is 1.03. The van der Waals surface area contributed by atoms with Gasteiger partial charge in [-0.25, -0.2) is 0 Å². The molecule has 4 heteroatoms. The van der Waals surface area contributed by atoms with Gasteiger partial charge in [-0.15, -0.1) is 0 Å². The Labute approximate surface area is 119 Å². The second-order valence-electron chi connectivity index (χ2n) is 4.70. The molecule has 0 bridgehead atoms. The SMILES string of the molecule is CCC(CSC)N(C)c1ccc(N)c2cccnc12. The molecule has 0 radical (unpaired) electrons. The first kappa shape index (κ1) is 14.0. The van der Waals surface area contributed by atoms with E-state index in [4.69, 9.17) is 5.73 Å². The van der Waals surface area contributed by atoms with Crippen molar-refractivity contribution in [1.29, 1.82) is 0 Å². The van der Waals surface area contributed by atoms with Crippen LogP contribution in [0.5, 0.6) is 0 Å². The van der Waals surface area contributed by atoms with Crippen molar-refractivity contribution < 1.29 is 0 Å². The van der Waals surface area contributed by atoms with E-state index in [0.717, 1.165) is 34.5 Å². The van der Waals surface area contributed by atoms with Gasteiger partial charge in [0.1, 0.15) is 0 Å². The molecule has 1 aromatic carbocycles. The molecule has 1 aromatic heterocycles. The van der Waals surface area contributed by atoms with E-state index in [1.807, 2.05) is 36.2 Å². The van der Waals surface area contributed by atoms with E-state index < -0.39 is 0 Å². The summed E-state index contributed by atoms with van der Waals surface area (Å²) < 4.78 is 0. The molecule has 19 heavy (non-hydrogen) atoms. The third-order valence-corrected chi connectivity index (χ3v) is 4.26. The minimum atomic E-state index is 0.517. The van der Waals surface area contributed by atoms with Gasteiger partial charge >= 0.3 is 0 Å². The number of benzene rings is 1. The van der Waals surface area contributed by atoms with Crippen LogP contribution in [0.15, 0.2) is 30.5 Å². The summed E-state index contributed by atoms with van der Waals surface area (Å²) in [4.78, 5) is 6.84. The summed E-state index contributed by atoms with van der Waals surface area (Å²) in [6.45, 7) is 2.23. The van der Waals surface area contributed by atoms with Crippen molar-refractivity contribution in [3.05, 3.63) is 30.5 Å². The van der Waals surface area contributed by atoms with Crippen molar-refractivity contribution >= 4 is 34.0 Å². The zero-order valence-corrected chi connectivity index (χ0v) is 12.6. The Morgan fingerprint density at radius 2 is 2.16 bits per heavy atom. The molecule has 0 aliphatic rings. The van der Waals surface area contributed by atoms with Gasteiger partial charge in [-0.2, -0.15) is 11.8 Å². The van der Waals surface area contributed by atoms with Gasteiger partial charge in [0.15, 0.2) is 0 Å². The Kier molecular flexibility index (Phi) is 4.53. The van der Waals surface area contributed by atoms with Crippen molar-refractivity contribution in [3.63, 3.8) is 0 Å². The number of nitrogens with zero attached hydrogens (tertiary/aromatic N) is 2. The van der Waals surface area contributed by atoms with Crippen LogP contribution in [0.4, 0.5) is 11.4 Å². The summed E-state index contributed by atoms with van der Waals surface area (Å²) in [6.07, 6.45) is 5.10. The van der Waals surface area contributed by atoms with Gasteiger partial charge in [0.25, 0.3) is 0 Å². The highest BCUT2D eigenvalue weighted by Crippen LogP contribution is 2.30. The molecule has 0 amide bonds. The zero-order chi connectivity index (χ0) is 13.8. The summed E-state index contributed by atoms with van der Waals surface area (Å²) in [6, 6.07) is 8.53. The average molecular weight is 275 g/mol. The quantitative estimate of drug-likeness (QED) is 0.849. The largest absolute Gasteiger partial charge is 0.398 e. The van der Waals surface area contributed by atoms with Crippen molar-refractivity contribution in [1.82, 2.24) is 4.98 Å². The molecule has 0 saturated carbocycles. The van der Waals surface area contributed by atoms with E-state index in [1.54, 1.807) is 0 Å². The Morgan fingerprint density at radius 3 is 2.84 bits per heavy atom. The molecule has 1 atom stereocenters. The molecule has 0 aliphatic heterocycles. The van der Waals surface area contributed by atoms with Gasteiger partial charge in [-0.1, -0.05) is 6.92 Å². The fourth-order valence-electron chi connectivity index (χ4n) is 2.36. The highest BCUT2D eigenvalue weighted by Gasteiger charge is 2.16. The summed E-state index contributed by atoms with van der Waals surface area (Å²) >= 11 is 1.88. The van der Waals surface area contributed by atoms with Crippen LogP contribution in [0.1, 0.15) is 13.3 Å². The van der Waals surface area contributed by atoms with Gasteiger partial charge in [-0.05, 0) is 36.9 Å². The van der Waals surface area contributed by atoms with Crippen molar-refractivity contribution in [3.8, 4) is 0 Å². The maximum atomic E-state index is 6.03. The van der Waals surface area contributed by atoms with Crippen LogP contribution in [-0.4, -0.2) is 30.1 Å². The zero-order valence-electron chi connectivity index (χ0n) is 11.8. The predicted molar refractivity (Wildman–Crippen MR) is 87.0 cm³/mol. The predicted octanol–water partition coefficient (Wildman–Crippen LogP) is 3.39. The number of nitrogens with two attached hydrogens (primary N) is 1. The molecule has 2 aromatic rings. The number of thioether (sulfide) groups is 1. The normalized spacial score (nSPS) is 12.6. The van der Waals surface area contributed by atoms with Crippen LogP contribution in [0.25, 0.3) is 10.9 Å². The first-order valence-electron chi connectivity index (χ1n) is 6.54. The molecule has 2 N–H and O–H groups in total. The number of nitrogen functional groups attached to an aromatic ring is 1. The fraction of sp³-hybridized carbons (Fsp3) is 0.400. The molecule has 0 aliphatic carbocycles. The molecule has 1 unspecified atom stereocenters. The van der Waals surface area contributed by atoms with Crippen molar-refractivity contribution in [2.75, 3.05) is 29.7 Å². The van der Waals surface area contributed by atoms with Gasteiger partial charge in [0.05, 0.1) is 11.2 Å². The number of rotatable bonds is 5. The third kappa shape index (κ3) is 2.78. The van der Waals surface area contributed by atoms with Gasteiger partial charge < -0.3 is 10.6 Å². The Hall–Kier alpha value is -1.42. The Bertz CT molecular complexity index is 556. The molecular formula is C15H21N3S. The minimum Gasteiger partial charge on any atom is -0.398 e. The van der Waals surface area contributed by atoms with Gasteiger partial charge in [0.2, 0.25) is 0 Å². The first-order valence-corrected chi connectivity index (χ1v) is 7.93. The lowest BCUT2D eigenvalue weighted by atomic mass is 10.1. The molecule has 102 valence electrons. The highest BCUT2D eigenvalue weighted by molar-refractivity contribution is 7.98. The molecule has 0 saturated heterocycles. The van der Waals surface area contributed by atoms with E-state index in [9.17, 15) is 0 Å². The second kappa shape index (κ2) is 6.15. The molecule has 1 heterocycles. The van der Waals surface area contributed by atoms with E-state index in [0.29, 0.717) is 6.04 Å². The standard InChI is InChI=1S/C15H21N3S/c1-4-11(10-19-3)18(2)14-8-7-13(16)12-6-5-9-17-15(12)14/h5-9,11H,4,10,16H2,1-3H3. The third-order valence-electron chi connectivity index (χ3n) is 3.54. The average Bonchev–Trinajstić information content (AvgIpc) is 2.45. The summed E-state index contributed by atoms with van der Waals surface area (Å²) in [5.74, 6) is 1.12. The van der Waals surface area contributed by atoms with Crippen molar-refractivity contribution in [2.24, 2.45) is 0 Å². The van der Waals surface area contributed by atoms with Crippen LogP contribution in [-0.2, 0) is 0 Å². The smallest absolute Gasteiger partial charge is 0.0955 e. The fourth-order valence-corrected chi connectivity index (χ4v) is 3.20. The lowest BCUT2D eigenvalue weighted by molar-refractivity contribution is 0.674. The summed E-state index contributed by atoms with van der Waals surface area (Å²) in [7, 11) is 2.14. The van der Waals surface area contributed by atoms with Crippen LogP contribution in [0.2, 0.25) is 0 Å². The van der Waals surface area contributed by atoms with Gasteiger partial charge in [-0.3, -0.25) is 4.98 Å². The molecule has 0 spiro atoms. The molecule has 0 fully saturated rings. The molecule has 3 nitrogen and oxygen atoms in total. The number of anilines is 2. The van der Waals surface area contributed by atoms with E-state index in [1.165, 1.54) is 0 Å². The molecular weight excluding hydrogens is 254 g/mol. The van der Waals surface area contributed by atoms with Crippen LogP contribution in [0, 0.1) is 0 Å². The number of fused-ring (bicyclic) bond motifs is 1. The Balaban J connectivity index is 2.47. The molecule has 2 rings (SSSR count). The maximum absolute atomic E-state index is 6.03. The number of pyridine rings is 1. The first-order chi connectivity index (χ1) is 9.19. The van der Waals surface area contributed by atoms with E-state index >= 15 is 0 Å². The Morgan fingerprint density at radius 1 is 1.37 bits per heavy atom. The van der Waals surface area contributed by atoms with Crippen LogP contribution < -0.4 is 10.6 Å².